The Hall–Kier alpha value is -3.26. The van der Waals surface area contributed by atoms with Crippen molar-refractivity contribution in [2.75, 3.05) is 12.2 Å². The van der Waals surface area contributed by atoms with Crippen LogP contribution < -0.4 is 15.7 Å². The molecule has 0 aliphatic heterocycles. The lowest BCUT2D eigenvalue weighted by atomic mass is 10.2. The van der Waals surface area contributed by atoms with Gasteiger partial charge in [-0.15, -0.1) is 0 Å². The number of hydrogen-bond donors (Lipinski definition) is 1. The third-order valence-electron chi connectivity index (χ3n) is 3.30. The maximum atomic E-state index is 5.93. The molecule has 8 nitrogen and oxygen atoms in total. The number of hydrazine groups is 1. The number of methoxy groups -OCH3 is 1. The number of anilines is 1. The van der Waals surface area contributed by atoms with E-state index in [0.717, 1.165) is 11.4 Å². The fraction of sp³-hybridized carbons (Fsp3) is 0.125. The molecule has 0 unspecified atom stereocenters. The van der Waals surface area contributed by atoms with Crippen LogP contribution >= 0.6 is 0 Å². The van der Waals surface area contributed by atoms with Crippen molar-refractivity contribution in [3.8, 4) is 11.4 Å². The maximum Gasteiger partial charge on any atom is 0.146 e. The summed E-state index contributed by atoms with van der Waals surface area (Å²) in [5.41, 5.74) is 2.28. The van der Waals surface area contributed by atoms with Gasteiger partial charge in [-0.1, -0.05) is 11.3 Å². The molecule has 3 rings (SSSR count). The van der Waals surface area contributed by atoms with Crippen molar-refractivity contribution >= 4 is 5.69 Å². The normalized spacial score (nSPS) is 10.9. The Labute approximate surface area is 139 Å². The second-order valence-electron chi connectivity index (χ2n) is 4.86. The van der Waals surface area contributed by atoms with Crippen LogP contribution in [0.25, 0.3) is 5.69 Å². The lowest BCUT2D eigenvalue weighted by Crippen LogP contribution is -2.23. The average Bonchev–Trinajstić information content (AvgIpc) is 3.16. The number of aromatic nitrogens is 3. The topological polar surface area (TPSA) is 93.9 Å². The molecule has 0 saturated carbocycles. The highest BCUT2D eigenvalue weighted by Crippen LogP contribution is 2.27. The number of rotatable bonds is 6. The first kappa shape index (κ1) is 15.6. The van der Waals surface area contributed by atoms with Crippen molar-refractivity contribution in [2.24, 2.45) is 16.2 Å². The summed E-state index contributed by atoms with van der Waals surface area (Å²) < 4.78 is 7.12. The minimum Gasteiger partial charge on any atom is -0.494 e. The van der Waals surface area contributed by atoms with E-state index in [1.807, 2.05) is 42.6 Å². The van der Waals surface area contributed by atoms with Crippen LogP contribution in [0.5, 0.6) is 5.75 Å². The Morgan fingerprint density at radius 1 is 1.21 bits per heavy atom. The Balaban J connectivity index is 1.74. The van der Waals surface area contributed by atoms with Crippen LogP contribution in [0.1, 0.15) is 5.69 Å². The monoisotopic (exact) mass is 323 g/mol. The molecule has 24 heavy (non-hydrogen) atoms. The minimum absolute atomic E-state index is 0.358. The highest BCUT2D eigenvalue weighted by Gasteiger charge is 2.09. The standard InChI is InChI=1S/C16H17N7O/c1-24-16-11-14(6-7-15(16)22-10-4-9-20-22)23(17)21-19-12-13-5-2-3-8-18-13/h2-11H,12,17H2,1H3. The van der Waals surface area contributed by atoms with E-state index in [2.05, 4.69) is 20.4 Å². The third-order valence-corrected chi connectivity index (χ3v) is 3.30. The summed E-state index contributed by atoms with van der Waals surface area (Å²) in [6.45, 7) is 0.358. The molecule has 0 fully saturated rings. The van der Waals surface area contributed by atoms with Crippen molar-refractivity contribution in [1.82, 2.24) is 14.8 Å². The van der Waals surface area contributed by atoms with Crippen LogP contribution in [0.2, 0.25) is 0 Å². The van der Waals surface area contributed by atoms with Gasteiger partial charge in [0.25, 0.3) is 0 Å². The Kier molecular flexibility index (Phi) is 4.78. The summed E-state index contributed by atoms with van der Waals surface area (Å²) in [7, 11) is 1.59. The van der Waals surface area contributed by atoms with Crippen LogP contribution in [-0.4, -0.2) is 21.9 Å². The van der Waals surface area contributed by atoms with E-state index in [-0.39, 0.29) is 0 Å². The van der Waals surface area contributed by atoms with Crippen molar-refractivity contribution in [2.45, 2.75) is 6.54 Å². The molecule has 0 atom stereocenters. The molecule has 2 aromatic heterocycles. The molecule has 0 aliphatic rings. The van der Waals surface area contributed by atoms with Gasteiger partial charge in [-0.3, -0.25) is 4.98 Å². The number of nitrogens with two attached hydrogens (primary N) is 1. The molecular formula is C16H17N7O. The second kappa shape index (κ2) is 7.34. The third kappa shape index (κ3) is 3.55. The SMILES string of the molecule is COc1cc(N(N)N=NCc2ccccn2)ccc1-n1cccn1. The predicted octanol–water partition coefficient (Wildman–Crippen LogP) is 2.52. The quantitative estimate of drug-likeness (QED) is 0.427. The van der Waals surface area contributed by atoms with Gasteiger partial charge in [0.05, 0.1) is 18.5 Å². The Morgan fingerprint density at radius 3 is 2.83 bits per heavy atom. The number of nitrogens with zero attached hydrogens (tertiary/aromatic N) is 6. The van der Waals surface area contributed by atoms with E-state index in [1.54, 1.807) is 30.3 Å². The fourth-order valence-electron chi connectivity index (χ4n) is 2.12. The van der Waals surface area contributed by atoms with Crippen LogP contribution in [0.4, 0.5) is 5.69 Å². The molecule has 1 aromatic carbocycles. The van der Waals surface area contributed by atoms with Crippen molar-refractivity contribution in [1.29, 1.82) is 0 Å². The van der Waals surface area contributed by atoms with Crippen LogP contribution in [0.3, 0.4) is 0 Å². The fourth-order valence-corrected chi connectivity index (χ4v) is 2.12. The van der Waals surface area contributed by atoms with Crippen molar-refractivity contribution in [3.05, 3.63) is 66.7 Å². The van der Waals surface area contributed by atoms with E-state index >= 15 is 0 Å². The molecule has 0 bridgehead atoms. The zero-order chi connectivity index (χ0) is 16.8. The van der Waals surface area contributed by atoms with Crippen LogP contribution in [0.15, 0.2) is 71.4 Å². The molecular weight excluding hydrogens is 306 g/mol. The first-order chi connectivity index (χ1) is 11.8. The summed E-state index contributed by atoms with van der Waals surface area (Å²) in [4.78, 5) is 4.17. The molecule has 3 aromatic rings. The number of ether oxygens (including phenoxy) is 1. The molecule has 0 radical (unpaired) electrons. The van der Waals surface area contributed by atoms with Gasteiger partial charge in [-0.05, 0) is 30.3 Å². The summed E-state index contributed by atoms with van der Waals surface area (Å²) >= 11 is 0. The van der Waals surface area contributed by atoms with Crippen LogP contribution in [-0.2, 0) is 6.54 Å². The first-order valence-electron chi connectivity index (χ1n) is 7.28. The van der Waals surface area contributed by atoms with Gasteiger partial charge >= 0.3 is 0 Å². The van der Waals surface area contributed by atoms with Gasteiger partial charge in [0.15, 0.2) is 0 Å². The number of benzene rings is 1. The Morgan fingerprint density at radius 2 is 2.12 bits per heavy atom. The van der Waals surface area contributed by atoms with Gasteiger partial charge in [-0.25, -0.2) is 10.5 Å². The molecule has 2 N–H and O–H groups in total. The van der Waals surface area contributed by atoms with Crippen molar-refractivity contribution < 1.29 is 4.74 Å². The van der Waals surface area contributed by atoms with E-state index in [0.29, 0.717) is 18.0 Å². The van der Waals surface area contributed by atoms with Gasteiger partial charge < -0.3 is 4.74 Å². The molecule has 122 valence electrons. The molecule has 0 spiro atoms. The van der Waals surface area contributed by atoms with Crippen molar-refractivity contribution in [3.63, 3.8) is 0 Å². The summed E-state index contributed by atoms with van der Waals surface area (Å²) in [6, 6.07) is 12.9. The zero-order valence-corrected chi connectivity index (χ0v) is 13.1. The number of hydrogen-bond acceptors (Lipinski definition) is 6. The predicted molar refractivity (Wildman–Crippen MR) is 89.6 cm³/mol. The van der Waals surface area contributed by atoms with Crippen LogP contribution in [0, 0.1) is 0 Å². The smallest absolute Gasteiger partial charge is 0.146 e. The minimum atomic E-state index is 0.358. The van der Waals surface area contributed by atoms with Gasteiger partial charge in [-0.2, -0.15) is 15.3 Å². The Bertz CT molecular complexity index is 803. The lowest BCUT2D eigenvalue weighted by molar-refractivity contribution is 0.411. The van der Waals surface area contributed by atoms with E-state index < -0.39 is 0 Å². The van der Waals surface area contributed by atoms with Gasteiger partial charge in [0.1, 0.15) is 18.0 Å². The molecule has 0 aliphatic carbocycles. The summed E-state index contributed by atoms with van der Waals surface area (Å²) in [5, 5.41) is 13.4. The molecule has 0 amide bonds. The molecule has 8 heteroatoms. The van der Waals surface area contributed by atoms with E-state index in [4.69, 9.17) is 10.6 Å². The second-order valence-corrected chi connectivity index (χ2v) is 4.86. The zero-order valence-electron chi connectivity index (χ0n) is 13.1. The average molecular weight is 323 g/mol. The van der Waals surface area contributed by atoms with E-state index in [9.17, 15) is 0 Å². The molecule has 2 heterocycles. The number of pyridine rings is 1. The highest BCUT2D eigenvalue weighted by atomic mass is 16.5. The summed E-state index contributed by atoms with van der Waals surface area (Å²) in [6.07, 6.45) is 5.25. The molecule has 0 saturated heterocycles. The first-order valence-corrected chi connectivity index (χ1v) is 7.28. The van der Waals surface area contributed by atoms with E-state index in [1.165, 1.54) is 5.12 Å². The largest absolute Gasteiger partial charge is 0.494 e. The lowest BCUT2D eigenvalue weighted by Gasteiger charge is -2.14. The highest BCUT2D eigenvalue weighted by molar-refractivity contribution is 5.57. The summed E-state index contributed by atoms with van der Waals surface area (Å²) in [5.74, 6) is 6.56. The maximum absolute atomic E-state index is 5.93. The van der Waals surface area contributed by atoms with Gasteiger partial charge in [0, 0.05) is 24.7 Å². The van der Waals surface area contributed by atoms with Gasteiger partial charge in [0.2, 0.25) is 0 Å².